The fourth-order valence-electron chi connectivity index (χ4n) is 2.92. The van der Waals surface area contributed by atoms with Crippen LogP contribution in [-0.4, -0.2) is 49.5 Å². The number of aromatic nitrogens is 1. The number of pyridine rings is 1. The highest BCUT2D eigenvalue weighted by molar-refractivity contribution is 7.90. The number of carbonyl (C=O) groups excluding carboxylic acids is 2. The standard InChI is InChI=1S/C22H21N5O6S/c1-34(32,33)17-9-10-18(20(14-17)27(30)31)24-12-13-25-21(28)15-5-7-16(8-6-15)26-22(29)19-4-2-3-11-23-19/h2-11,14,24H,12-13H2,1H3,(H,25,28)(H,26,29). The molecule has 0 aliphatic carbocycles. The fraction of sp³-hybridized carbons (Fsp3) is 0.136. The van der Waals surface area contributed by atoms with E-state index < -0.39 is 14.8 Å². The van der Waals surface area contributed by atoms with Crippen molar-refractivity contribution in [3.8, 4) is 0 Å². The zero-order valence-electron chi connectivity index (χ0n) is 18.0. The van der Waals surface area contributed by atoms with E-state index in [4.69, 9.17) is 0 Å². The van der Waals surface area contributed by atoms with Crippen LogP contribution in [0.4, 0.5) is 17.1 Å². The minimum Gasteiger partial charge on any atom is -0.378 e. The lowest BCUT2D eigenvalue weighted by Gasteiger charge is -2.10. The molecule has 0 spiro atoms. The first-order chi connectivity index (χ1) is 16.1. The van der Waals surface area contributed by atoms with E-state index in [2.05, 4.69) is 20.9 Å². The number of benzene rings is 2. The average molecular weight is 484 g/mol. The van der Waals surface area contributed by atoms with Gasteiger partial charge in [-0.15, -0.1) is 0 Å². The van der Waals surface area contributed by atoms with Gasteiger partial charge in [0, 0.05) is 42.9 Å². The van der Waals surface area contributed by atoms with Gasteiger partial charge in [-0.2, -0.15) is 0 Å². The molecule has 34 heavy (non-hydrogen) atoms. The molecule has 2 amide bonds. The van der Waals surface area contributed by atoms with Gasteiger partial charge in [0.25, 0.3) is 17.5 Å². The van der Waals surface area contributed by atoms with E-state index in [1.165, 1.54) is 18.3 Å². The van der Waals surface area contributed by atoms with Gasteiger partial charge < -0.3 is 16.0 Å². The van der Waals surface area contributed by atoms with Gasteiger partial charge in [0.05, 0.1) is 9.82 Å². The van der Waals surface area contributed by atoms with Crippen LogP contribution in [0.3, 0.4) is 0 Å². The number of nitrogens with one attached hydrogen (secondary N) is 3. The van der Waals surface area contributed by atoms with Crippen LogP contribution in [0.15, 0.2) is 71.8 Å². The number of hydrogen-bond donors (Lipinski definition) is 3. The molecule has 0 radical (unpaired) electrons. The summed E-state index contributed by atoms with van der Waals surface area (Å²) in [6.45, 7) is 0.324. The van der Waals surface area contributed by atoms with Gasteiger partial charge in [-0.25, -0.2) is 8.42 Å². The average Bonchev–Trinajstić information content (AvgIpc) is 2.82. The maximum absolute atomic E-state index is 12.3. The van der Waals surface area contributed by atoms with Gasteiger partial charge >= 0.3 is 0 Å². The summed E-state index contributed by atoms with van der Waals surface area (Å²) < 4.78 is 23.2. The molecule has 0 aliphatic heterocycles. The Labute approximate surface area is 195 Å². The molecular formula is C22H21N5O6S. The van der Waals surface area contributed by atoms with Gasteiger partial charge in [-0.05, 0) is 48.5 Å². The quantitative estimate of drug-likeness (QED) is 0.238. The van der Waals surface area contributed by atoms with Crippen molar-refractivity contribution in [3.63, 3.8) is 0 Å². The Balaban J connectivity index is 1.52. The predicted octanol–water partition coefficient (Wildman–Crippen LogP) is 2.49. The molecule has 0 unspecified atom stereocenters. The molecule has 11 nitrogen and oxygen atoms in total. The predicted molar refractivity (Wildman–Crippen MR) is 126 cm³/mol. The lowest BCUT2D eigenvalue weighted by molar-refractivity contribution is -0.384. The maximum Gasteiger partial charge on any atom is 0.293 e. The Hall–Kier alpha value is -4.32. The number of nitrogens with zero attached hydrogens (tertiary/aromatic N) is 2. The summed E-state index contributed by atoms with van der Waals surface area (Å²) in [5.41, 5.74) is 0.887. The molecule has 0 atom stereocenters. The van der Waals surface area contributed by atoms with E-state index in [9.17, 15) is 28.1 Å². The summed E-state index contributed by atoms with van der Waals surface area (Å²) >= 11 is 0. The number of sulfone groups is 1. The number of carbonyl (C=O) groups is 2. The maximum atomic E-state index is 12.3. The number of rotatable bonds is 9. The summed E-state index contributed by atoms with van der Waals surface area (Å²) in [5, 5.41) is 19.5. The molecule has 0 aliphatic rings. The summed E-state index contributed by atoms with van der Waals surface area (Å²) in [4.78, 5) is 38.9. The zero-order valence-corrected chi connectivity index (χ0v) is 18.8. The topological polar surface area (TPSA) is 160 Å². The molecule has 3 rings (SSSR count). The molecule has 176 valence electrons. The highest BCUT2D eigenvalue weighted by Gasteiger charge is 2.18. The third-order valence-corrected chi connectivity index (χ3v) is 5.73. The summed E-state index contributed by atoms with van der Waals surface area (Å²) in [7, 11) is -3.58. The molecule has 0 saturated heterocycles. The minimum atomic E-state index is -3.58. The summed E-state index contributed by atoms with van der Waals surface area (Å²) in [5.74, 6) is -0.742. The van der Waals surface area contributed by atoms with Gasteiger partial charge in [-0.3, -0.25) is 24.7 Å². The first kappa shape index (κ1) is 24.3. The molecule has 3 N–H and O–H groups in total. The molecule has 2 aromatic carbocycles. The first-order valence-corrected chi connectivity index (χ1v) is 11.9. The second-order valence-electron chi connectivity index (χ2n) is 7.14. The SMILES string of the molecule is CS(=O)(=O)c1ccc(NCCNC(=O)c2ccc(NC(=O)c3ccccn3)cc2)c([N+](=O)[O-])c1. The van der Waals surface area contributed by atoms with E-state index in [-0.39, 0.29) is 46.9 Å². The Morgan fingerprint density at radius 1 is 1.00 bits per heavy atom. The second kappa shape index (κ2) is 10.5. The largest absolute Gasteiger partial charge is 0.378 e. The zero-order chi connectivity index (χ0) is 24.7. The van der Waals surface area contributed by atoms with Crippen LogP contribution in [0.1, 0.15) is 20.8 Å². The second-order valence-corrected chi connectivity index (χ2v) is 9.15. The van der Waals surface area contributed by atoms with Crippen LogP contribution in [0.25, 0.3) is 0 Å². The molecule has 12 heteroatoms. The van der Waals surface area contributed by atoms with Gasteiger partial charge in [0.1, 0.15) is 11.4 Å². The van der Waals surface area contributed by atoms with Gasteiger partial charge in [0.15, 0.2) is 9.84 Å². The van der Waals surface area contributed by atoms with Crippen LogP contribution in [-0.2, 0) is 9.84 Å². The first-order valence-electron chi connectivity index (χ1n) is 9.98. The fourth-order valence-corrected chi connectivity index (χ4v) is 3.56. The van der Waals surface area contributed by atoms with E-state index in [1.54, 1.807) is 42.5 Å². The Morgan fingerprint density at radius 2 is 1.74 bits per heavy atom. The summed E-state index contributed by atoms with van der Waals surface area (Å²) in [6.07, 6.45) is 2.48. The number of hydrogen-bond acceptors (Lipinski definition) is 8. The number of nitro groups is 1. The third kappa shape index (κ3) is 6.36. The molecule has 0 saturated carbocycles. The van der Waals surface area contributed by atoms with Crippen LogP contribution >= 0.6 is 0 Å². The van der Waals surface area contributed by atoms with Crippen molar-refractivity contribution in [2.75, 3.05) is 30.0 Å². The molecule has 1 heterocycles. The van der Waals surface area contributed by atoms with Gasteiger partial charge in [-0.1, -0.05) is 6.07 Å². The normalized spacial score (nSPS) is 10.9. The summed E-state index contributed by atoms with van der Waals surface area (Å²) in [6, 6.07) is 14.8. The molecule has 0 fully saturated rings. The number of nitro benzene ring substituents is 1. The molecule has 0 bridgehead atoms. The smallest absolute Gasteiger partial charge is 0.293 e. The van der Waals surface area contributed by atoms with Crippen molar-refractivity contribution in [3.05, 3.63) is 88.2 Å². The third-order valence-electron chi connectivity index (χ3n) is 4.62. The van der Waals surface area contributed by atoms with E-state index in [1.807, 2.05) is 0 Å². The molecule has 1 aromatic heterocycles. The highest BCUT2D eigenvalue weighted by atomic mass is 32.2. The van der Waals surface area contributed by atoms with Crippen LogP contribution in [0.2, 0.25) is 0 Å². The minimum absolute atomic E-state index is 0.139. The Morgan fingerprint density at radius 3 is 2.35 bits per heavy atom. The van der Waals surface area contributed by atoms with E-state index in [0.717, 1.165) is 12.3 Å². The van der Waals surface area contributed by atoms with Crippen LogP contribution in [0.5, 0.6) is 0 Å². The van der Waals surface area contributed by atoms with Crippen molar-refractivity contribution in [1.29, 1.82) is 0 Å². The van der Waals surface area contributed by atoms with Crippen LogP contribution < -0.4 is 16.0 Å². The van der Waals surface area contributed by atoms with Crippen molar-refractivity contribution in [1.82, 2.24) is 10.3 Å². The lowest BCUT2D eigenvalue weighted by Crippen LogP contribution is -2.28. The monoisotopic (exact) mass is 483 g/mol. The highest BCUT2D eigenvalue weighted by Crippen LogP contribution is 2.27. The number of anilines is 2. The van der Waals surface area contributed by atoms with Crippen molar-refractivity contribution in [2.45, 2.75) is 4.90 Å². The van der Waals surface area contributed by atoms with Crippen molar-refractivity contribution in [2.24, 2.45) is 0 Å². The Bertz CT molecular complexity index is 1310. The lowest BCUT2D eigenvalue weighted by atomic mass is 10.2. The molecule has 3 aromatic rings. The van der Waals surface area contributed by atoms with Crippen LogP contribution in [0, 0.1) is 10.1 Å². The van der Waals surface area contributed by atoms with E-state index in [0.29, 0.717) is 11.3 Å². The van der Waals surface area contributed by atoms with Gasteiger partial charge in [0.2, 0.25) is 0 Å². The van der Waals surface area contributed by atoms with Crippen molar-refractivity contribution >= 4 is 38.7 Å². The van der Waals surface area contributed by atoms with E-state index >= 15 is 0 Å². The van der Waals surface area contributed by atoms with Crippen molar-refractivity contribution < 1.29 is 22.9 Å². The molecular weight excluding hydrogens is 462 g/mol. The Kier molecular flexibility index (Phi) is 7.53. The number of amides is 2.